The smallest absolute Gasteiger partial charge is 0.242 e. The number of amides is 1. The lowest BCUT2D eigenvalue weighted by Crippen LogP contribution is -2.41. The Balaban J connectivity index is 1.66. The highest BCUT2D eigenvalue weighted by atomic mass is 32.2. The highest BCUT2D eigenvalue weighted by Crippen LogP contribution is 2.22. The molecule has 0 bridgehead atoms. The summed E-state index contributed by atoms with van der Waals surface area (Å²) in [5.41, 5.74) is 1.89. The van der Waals surface area contributed by atoms with Crippen molar-refractivity contribution in [2.45, 2.75) is 18.9 Å². The molecule has 0 aromatic heterocycles. The van der Waals surface area contributed by atoms with Crippen molar-refractivity contribution < 1.29 is 13.2 Å². The summed E-state index contributed by atoms with van der Waals surface area (Å²) in [6.45, 7) is 0.475. The Bertz CT molecular complexity index is 1080. The number of hydrogen-bond donors (Lipinski definition) is 1. The summed E-state index contributed by atoms with van der Waals surface area (Å²) < 4.78 is 25.2. The molecule has 3 aromatic carbocycles. The van der Waals surface area contributed by atoms with E-state index in [4.69, 9.17) is 0 Å². The van der Waals surface area contributed by atoms with Gasteiger partial charge < -0.3 is 5.32 Å². The van der Waals surface area contributed by atoms with Crippen molar-refractivity contribution in [3.8, 4) is 0 Å². The Morgan fingerprint density at radius 1 is 0.966 bits per heavy atom. The van der Waals surface area contributed by atoms with Crippen LogP contribution < -0.4 is 5.32 Å². The maximum atomic E-state index is 12.8. The Morgan fingerprint density at radius 3 is 2.34 bits per heavy atom. The van der Waals surface area contributed by atoms with Gasteiger partial charge in [-0.3, -0.25) is 4.79 Å². The van der Waals surface area contributed by atoms with E-state index >= 15 is 0 Å². The SMILES string of the molecule is CN([C@@H](C(=O)NCCCc1cccc2ccccc12)c1ccccc1)S(C)(=O)=O. The molecule has 1 N–H and O–H groups in total. The van der Waals surface area contributed by atoms with E-state index in [9.17, 15) is 13.2 Å². The summed E-state index contributed by atoms with van der Waals surface area (Å²) >= 11 is 0. The fourth-order valence-electron chi connectivity index (χ4n) is 3.45. The first-order valence-corrected chi connectivity index (χ1v) is 11.4. The summed E-state index contributed by atoms with van der Waals surface area (Å²) in [7, 11) is -2.09. The second-order valence-electron chi connectivity index (χ2n) is 7.13. The third-order valence-electron chi connectivity index (χ3n) is 5.05. The van der Waals surface area contributed by atoms with E-state index in [1.54, 1.807) is 24.3 Å². The van der Waals surface area contributed by atoms with Gasteiger partial charge in [0.05, 0.1) is 6.26 Å². The molecule has 3 aromatic rings. The summed E-state index contributed by atoms with van der Waals surface area (Å²) in [5.74, 6) is -0.318. The zero-order valence-corrected chi connectivity index (χ0v) is 17.5. The minimum absolute atomic E-state index is 0.318. The van der Waals surface area contributed by atoms with Crippen molar-refractivity contribution in [3.05, 3.63) is 83.9 Å². The van der Waals surface area contributed by atoms with E-state index in [-0.39, 0.29) is 5.91 Å². The minimum atomic E-state index is -3.52. The van der Waals surface area contributed by atoms with Gasteiger partial charge in [-0.05, 0) is 34.7 Å². The van der Waals surface area contributed by atoms with Crippen LogP contribution in [-0.2, 0) is 21.2 Å². The van der Waals surface area contributed by atoms with Gasteiger partial charge in [-0.1, -0.05) is 72.8 Å². The predicted molar refractivity (Wildman–Crippen MR) is 117 cm³/mol. The van der Waals surface area contributed by atoms with Gasteiger partial charge in [-0.15, -0.1) is 0 Å². The highest BCUT2D eigenvalue weighted by molar-refractivity contribution is 7.88. The van der Waals surface area contributed by atoms with E-state index in [0.29, 0.717) is 12.1 Å². The first-order valence-electron chi connectivity index (χ1n) is 9.60. The van der Waals surface area contributed by atoms with Crippen LogP contribution in [0.2, 0.25) is 0 Å². The summed E-state index contributed by atoms with van der Waals surface area (Å²) in [6, 6.07) is 22.6. The van der Waals surface area contributed by atoms with E-state index in [1.165, 1.54) is 23.4 Å². The summed E-state index contributed by atoms with van der Waals surface area (Å²) in [4.78, 5) is 12.8. The average Bonchev–Trinajstić information content (AvgIpc) is 2.71. The highest BCUT2D eigenvalue weighted by Gasteiger charge is 2.30. The zero-order valence-electron chi connectivity index (χ0n) is 16.7. The third-order valence-corrected chi connectivity index (χ3v) is 6.31. The Hall–Kier alpha value is -2.70. The van der Waals surface area contributed by atoms with Crippen molar-refractivity contribution in [2.24, 2.45) is 0 Å². The quantitative estimate of drug-likeness (QED) is 0.578. The number of rotatable bonds is 8. The standard InChI is InChI=1S/C23H26N2O3S/c1-25(29(2,27)28)22(20-11-4-3-5-12-20)23(26)24-17-9-15-19-14-8-13-18-10-6-7-16-21(18)19/h3-8,10-14,16,22H,9,15,17H2,1-2H3,(H,24,26)/t22-/m1/s1. The molecule has 0 saturated carbocycles. The molecule has 0 aliphatic carbocycles. The van der Waals surface area contributed by atoms with Crippen LogP contribution in [0.5, 0.6) is 0 Å². The lowest BCUT2D eigenvalue weighted by Gasteiger charge is -2.25. The van der Waals surface area contributed by atoms with Gasteiger partial charge in [-0.2, -0.15) is 4.31 Å². The topological polar surface area (TPSA) is 66.5 Å². The Kier molecular flexibility index (Phi) is 6.67. The molecule has 0 aliphatic rings. The number of aryl methyl sites for hydroxylation is 1. The average molecular weight is 411 g/mol. The van der Waals surface area contributed by atoms with Crippen molar-refractivity contribution in [1.82, 2.24) is 9.62 Å². The molecule has 0 aliphatic heterocycles. The number of sulfonamides is 1. The molecule has 0 fully saturated rings. The second kappa shape index (κ2) is 9.20. The number of carbonyl (C=O) groups is 1. The maximum absolute atomic E-state index is 12.8. The molecule has 0 saturated heterocycles. The van der Waals surface area contributed by atoms with Crippen LogP contribution >= 0.6 is 0 Å². The number of carbonyl (C=O) groups excluding carboxylic acids is 1. The second-order valence-corrected chi connectivity index (χ2v) is 9.17. The molecule has 1 amide bonds. The van der Waals surface area contributed by atoms with Crippen LogP contribution in [0.1, 0.15) is 23.6 Å². The van der Waals surface area contributed by atoms with E-state index in [0.717, 1.165) is 23.4 Å². The third kappa shape index (κ3) is 5.22. The number of nitrogens with one attached hydrogen (secondary N) is 1. The molecule has 6 heteroatoms. The van der Waals surface area contributed by atoms with Crippen LogP contribution in [0.15, 0.2) is 72.8 Å². The molecular formula is C23H26N2O3S. The molecule has 5 nitrogen and oxygen atoms in total. The number of hydrogen-bond acceptors (Lipinski definition) is 3. The van der Waals surface area contributed by atoms with Crippen molar-refractivity contribution >= 4 is 26.7 Å². The molecule has 0 radical (unpaired) electrons. The summed E-state index contributed by atoms with van der Waals surface area (Å²) in [5, 5.41) is 5.33. The van der Waals surface area contributed by atoms with Crippen LogP contribution in [0, 0.1) is 0 Å². The molecule has 152 valence electrons. The van der Waals surface area contributed by atoms with Gasteiger partial charge >= 0.3 is 0 Å². The molecule has 1 atom stereocenters. The number of benzene rings is 3. The lowest BCUT2D eigenvalue weighted by atomic mass is 10.0. The van der Waals surface area contributed by atoms with Crippen molar-refractivity contribution in [3.63, 3.8) is 0 Å². The Labute approximate surface area is 172 Å². The van der Waals surface area contributed by atoms with Gasteiger partial charge in [0.2, 0.25) is 15.9 Å². The van der Waals surface area contributed by atoms with E-state index in [2.05, 4.69) is 29.6 Å². The molecule has 0 spiro atoms. The summed E-state index contributed by atoms with van der Waals surface area (Å²) in [6.07, 6.45) is 2.71. The van der Waals surface area contributed by atoms with Crippen LogP contribution in [0.25, 0.3) is 10.8 Å². The zero-order chi connectivity index (χ0) is 20.9. The normalized spacial score (nSPS) is 12.8. The first-order chi connectivity index (χ1) is 13.9. The predicted octanol–water partition coefficient (Wildman–Crippen LogP) is 3.52. The lowest BCUT2D eigenvalue weighted by molar-refractivity contribution is -0.124. The number of likely N-dealkylation sites (N-methyl/N-ethyl adjacent to an activating group) is 1. The van der Waals surface area contributed by atoms with Crippen molar-refractivity contribution in [1.29, 1.82) is 0 Å². The van der Waals surface area contributed by atoms with Crippen molar-refractivity contribution in [2.75, 3.05) is 19.8 Å². The largest absolute Gasteiger partial charge is 0.354 e. The van der Waals surface area contributed by atoms with Crippen LogP contribution in [0.4, 0.5) is 0 Å². The molecule has 29 heavy (non-hydrogen) atoms. The van der Waals surface area contributed by atoms with Gasteiger partial charge in [0.15, 0.2) is 0 Å². The van der Waals surface area contributed by atoms with Gasteiger partial charge in [0.1, 0.15) is 6.04 Å². The fraction of sp³-hybridized carbons (Fsp3) is 0.261. The molecular weight excluding hydrogens is 384 g/mol. The van der Waals surface area contributed by atoms with Gasteiger partial charge in [-0.25, -0.2) is 8.42 Å². The van der Waals surface area contributed by atoms with Gasteiger partial charge in [0.25, 0.3) is 0 Å². The monoisotopic (exact) mass is 410 g/mol. The Morgan fingerprint density at radius 2 is 1.62 bits per heavy atom. The van der Waals surface area contributed by atoms with Gasteiger partial charge in [0, 0.05) is 13.6 Å². The first kappa shape index (κ1) is 21.0. The maximum Gasteiger partial charge on any atom is 0.242 e. The fourth-order valence-corrected chi connectivity index (χ4v) is 4.05. The molecule has 0 unspecified atom stereocenters. The van der Waals surface area contributed by atoms with E-state index in [1.807, 2.05) is 24.3 Å². The van der Waals surface area contributed by atoms with Crippen LogP contribution in [0.3, 0.4) is 0 Å². The number of fused-ring (bicyclic) bond motifs is 1. The molecule has 0 heterocycles. The number of nitrogens with zero attached hydrogens (tertiary/aromatic N) is 1. The van der Waals surface area contributed by atoms with Crippen LogP contribution in [-0.4, -0.2) is 38.5 Å². The molecule has 3 rings (SSSR count). The minimum Gasteiger partial charge on any atom is -0.354 e. The van der Waals surface area contributed by atoms with E-state index < -0.39 is 16.1 Å².